The van der Waals surface area contributed by atoms with Gasteiger partial charge in [-0.05, 0) is 57.9 Å². The Labute approximate surface area is 118 Å². The number of likely N-dealkylation sites (tertiary alicyclic amines) is 1. The van der Waals surface area contributed by atoms with Gasteiger partial charge in [-0.25, -0.2) is 13.2 Å². The lowest BCUT2D eigenvalue weighted by atomic mass is 9.94. The van der Waals surface area contributed by atoms with E-state index in [0.717, 1.165) is 32.1 Å². The van der Waals surface area contributed by atoms with E-state index in [4.69, 9.17) is 0 Å². The minimum atomic E-state index is -1.14. The SMILES string of the molecule is CN1CCC(CCNCc2cc(F)c(F)cc2F)CC1. The Morgan fingerprint density at radius 3 is 2.45 bits per heavy atom. The first-order valence-corrected chi connectivity index (χ1v) is 7.09. The summed E-state index contributed by atoms with van der Waals surface area (Å²) in [6.45, 7) is 3.26. The van der Waals surface area contributed by atoms with E-state index in [-0.39, 0.29) is 12.1 Å². The third kappa shape index (κ3) is 4.21. The fraction of sp³-hybridized carbons (Fsp3) is 0.600. The Kier molecular flexibility index (Phi) is 5.43. The molecule has 0 saturated carbocycles. The van der Waals surface area contributed by atoms with Crippen LogP contribution in [0.3, 0.4) is 0 Å². The summed E-state index contributed by atoms with van der Waals surface area (Å²) in [5.41, 5.74) is 0.173. The summed E-state index contributed by atoms with van der Waals surface area (Å²) in [6.07, 6.45) is 3.43. The predicted octanol–water partition coefficient (Wildman–Crippen LogP) is 2.93. The zero-order valence-corrected chi connectivity index (χ0v) is 11.8. The molecule has 1 N–H and O–H groups in total. The highest BCUT2D eigenvalue weighted by Crippen LogP contribution is 2.19. The Morgan fingerprint density at radius 1 is 1.10 bits per heavy atom. The van der Waals surface area contributed by atoms with Crippen LogP contribution in [0, 0.1) is 23.4 Å². The molecule has 0 radical (unpaired) electrons. The largest absolute Gasteiger partial charge is 0.313 e. The summed E-state index contributed by atoms with van der Waals surface area (Å²) < 4.78 is 39.2. The van der Waals surface area contributed by atoms with Crippen LogP contribution in [0.1, 0.15) is 24.8 Å². The average Bonchev–Trinajstić information content (AvgIpc) is 2.42. The van der Waals surface area contributed by atoms with Gasteiger partial charge in [-0.1, -0.05) is 0 Å². The minimum absolute atomic E-state index is 0.173. The maximum atomic E-state index is 13.4. The highest BCUT2D eigenvalue weighted by molar-refractivity contribution is 5.19. The van der Waals surface area contributed by atoms with Crippen LogP contribution in [0.15, 0.2) is 12.1 Å². The predicted molar refractivity (Wildman–Crippen MR) is 72.9 cm³/mol. The first kappa shape index (κ1) is 15.3. The molecule has 2 rings (SSSR count). The van der Waals surface area contributed by atoms with Gasteiger partial charge in [0.25, 0.3) is 0 Å². The van der Waals surface area contributed by atoms with Gasteiger partial charge in [0, 0.05) is 18.2 Å². The normalized spacial score (nSPS) is 17.6. The molecule has 112 valence electrons. The van der Waals surface area contributed by atoms with E-state index in [1.165, 1.54) is 12.8 Å². The van der Waals surface area contributed by atoms with Gasteiger partial charge in [0.05, 0.1) is 0 Å². The monoisotopic (exact) mass is 286 g/mol. The molecule has 0 aliphatic carbocycles. The van der Waals surface area contributed by atoms with Gasteiger partial charge < -0.3 is 10.2 Å². The van der Waals surface area contributed by atoms with Gasteiger partial charge in [-0.2, -0.15) is 0 Å². The molecule has 1 heterocycles. The van der Waals surface area contributed by atoms with Crippen molar-refractivity contribution in [1.29, 1.82) is 0 Å². The Hall–Kier alpha value is -1.07. The van der Waals surface area contributed by atoms with Crippen LogP contribution in [0.4, 0.5) is 13.2 Å². The van der Waals surface area contributed by atoms with Crippen molar-refractivity contribution in [2.75, 3.05) is 26.7 Å². The van der Waals surface area contributed by atoms with Crippen LogP contribution >= 0.6 is 0 Å². The van der Waals surface area contributed by atoms with Crippen LogP contribution in [0.25, 0.3) is 0 Å². The zero-order chi connectivity index (χ0) is 14.5. The topological polar surface area (TPSA) is 15.3 Å². The third-order valence-corrected chi connectivity index (χ3v) is 3.97. The highest BCUT2D eigenvalue weighted by Gasteiger charge is 2.16. The van der Waals surface area contributed by atoms with Gasteiger partial charge in [0.1, 0.15) is 5.82 Å². The molecule has 0 amide bonds. The number of piperidine rings is 1. The molecule has 20 heavy (non-hydrogen) atoms. The molecule has 1 aliphatic rings. The van der Waals surface area contributed by atoms with E-state index < -0.39 is 17.5 Å². The Balaban J connectivity index is 1.72. The molecule has 1 aromatic carbocycles. The number of nitrogens with zero attached hydrogens (tertiary/aromatic N) is 1. The van der Waals surface area contributed by atoms with E-state index in [2.05, 4.69) is 17.3 Å². The van der Waals surface area contributed by atoms with Crippen molar-refractivity contribution in [1.82, 2.24) is 10.2 Å². The average molecular weight is 286 g/mol. The van der Waals surface area contributed by atoms with Crippen LogP contribution in [-0.4, -0.2) is 31.6 Å². The maximum absolute atomic E-state index is 13.4. The minimum Gasteiger partial charge on any atom is -0.313 e. The van der Waals surface area contributed by atoms with E-state index >= 15 is 0 Å². The van der Waals surface area contributed by atoms with E-state index in [1.807, 2.05) is 0 Å². The smallest absolute Gasteiger partial charge is 0.161 e. The zero-order valence-electron chi connectivity index (χ0n) is 11.8. The molecule has 5 heteroatoms. The van der Waals surface area contributed by atoms with E-state index in [1.54, 1.807) is 0 Å². The third-order valence-electron chi connectivity index (χ3n) is 3.97. The molecule has 2 nitrogen and oxygen atoms in total. The summed E-state index contributed by atoms with van der Waals surface area (Å²) in [7, 11) is 2.13. The van der Waals surface area contributed by atoms with Crippen molar-refractivity contribution in [2.24, 2.45) is 5.92 Å². The molecule has 0 aromatic heterocycles. The first-order chi connectivity index (χ1) is 9.56. The summed E-state index contributed by atoms with van der Waals surface area (Å²) >= 11 is 0. The molecule has 0 unspecified atom stereocenters. The Morgan fingerprint density at radius 2 is 1.75 bits per heavy atom. The standard InChI is InChI=1S/C15H21F3N2/c1-20-6-3-11(4-7-20)2-5-19-10-12-8-14(17)15(18)9-13(12)16/h8-9,11,19H,2-7,10H2,1H3. The quantitative estimate of drug-likeness (QED) is 0.661. The number of benzene rings is 1. The molecule has 1 fully saturated rings. The second-order valence-corrected chi connectivity index (χ2v) is 5.57. The van der Waals surface area contributed by atoms with Gasteiger partial charge >= 0.3 is 0 Å². The summed E-state index contributed by atoms with van der Waals surface area (Å²) in [5, 5.41) is 3.10. The molecule has 0 atom stereocenters. The number of halogens is 3. The lowest BCUT2D eigenvalue weighted by molar-refractivity contribution is 0.211. The van der Waals surface area contributed by atoms with Crippen LogP contribution in [-0.2, 0) is 6.54 Å². The lowest BCUT2D eigenvalue weighted by Crippen LogP contribution is -2.31. The van der Waals surface area contributed by atoms with Gasteiger partial charge in [-0.15, -0.1) is 0 Å². The van der Waals surface area contributed by atoms with Gasteiger partial charge in [-0.3, -0.25) is 0 Å². The van der Waals surface area contributed by atoms with Crippen LogP contribution < -0.4 is 5.32 Å². The molecule has 1 aromatic rings. The number of nitrogens with one attached hydrogen (secondary N) is 1. The van der Waals surface area contributed by atoms with Crippen LogP contribution in [0.5, 0.6) is 0 Å². The van der Waals surface area contributed by atoms with Gasteiger partial charge in [0.2, 0.25) is 0 Å². The van der Waals surface area contributed by atoms with Crippen molar-refractivity contribution in [3.8, 4) is 0 Å². The fourth-order valence-corrected chi connectivity index (χ4v) is 2.58. The van der Waals surface area contributed by atoms with Crippen molar-refractivity contribution in [3.63, 3.8) is 0 Å². The number of rotatable bonds is 5. The fourth-order valence-electron chi connectivity index (χ4n) is 2.58. The Bertz CT molecular complexity index is 443. The maximum Gasteiger partial charge on any atom is 0.161 e. The molecule has 1 saturated heterocycles. The van der Waals surface area contributed by atoms with E-state index in [0.29, 0.717) is 12.0 Å². The first-order valence-electron chi connectivity index (χ1n) is 7.09. The summed E-state index contributed by atoms with van der Waals surface area (Å²) in [6, 6.07) is 1.52. The lowest BCUT2D eigenvalue weighted by Gasteiger charge is -2.28. The van der Waals surface area contributed by atoms with Crippen molar-refractivity contribution in [2.45, 2.75) is 25.8 Å². The molecule has 1 aliphatic heterocycles. The molecule has 0 spiro atoms. The van der Waals surface area contributed by atoms with Crippen molar-refractivity contribution in [3.05, 3.63) is 35.1 Å². The molecule has 0 bridgehead atoms. The molecular weight excluding hydrogens is 265 g/mol. The van der Waals surface area contributed by atoms with E-state index in [9.17, 15) is 13.2 Å². The molecular formula is C15H21F3N2. The van der Waals surface area contributed by atoms with Crippen molar-refractivity contribution >= 4 is 0 Å². The van der Waals surface area contributed by atoms with Crippen LogP contribution in [0.2, 0.25) is 0 Å². The van der Waals surface area contributed by atoms with Gasteiger partial charge in [0.15, 0.2) is 11.6 Å². The van der Waals surface area contributed by atoms with Crippen molar-refractivity contribution < 1.29 is 13.2 Å². The highest BCUT2D eigenvalue weighted by atomic mass is 19.2. The second kappa shape index (κ2) is 7.09. The second-order valence-electron chi connectivity index (χ2n) is 5.57. The number of hydrogen-bond donors (Lipinski definition) is 1. The number of hydrogen-bond acceptors (Lipinski definition) is 2. The summed E-state index contributed by atoms with van der Waals surface area (Å²) in [5.74, 6) is -2.14. The summed E-state index contributed by atoms with van der Waals surface area (Å²) in [4.78, 5) is 2.32.